The van der Waals surface area contributed by atoms with Crippen LogP contribution >= 0.6 is 11.8 Å². The van der Waals surface area contributed by atoms with Crippen LogP contribution in [0.2, 0.25) is 0 Å². The Kier molecular flexibility index (Phi) is 36.1. The summed E-state index contributed by atoms with van der Waals surface area (Å²) in [6.45, 7) is 9.49. The summed E-state index contributed by atoms with van der Waals surface area (Å²) in [5, 5.41) is 21.2. The minimum atomic E-state index is -1.21. The Balaban J connectivity index is 0.000000370. The lowest BCUT2D eigenvalue weighted by molar-refractivity contribution is -0.903. The second-order valence-corrected chi connectivity index (χ2v) is 22.7. The maximum Gasteiger partial charge on any atom is 0.104 e. The first-order valence-corrected chi connectivity index (χ1v) is 29.2. The molecule has 6 nitrogen and oxygen atoms in total. The lowest BCUT2D eigenvalue weighted by Gasteiger charge is -2.30. The molecule has 0 fully saturated rings. The average Bonchev–Trinajstić information content (AvgIpc) is 3.35. The van der Waals surface area contributed by atoms with Crippen LogP contribution in [-0.2, 0) is 13.1 Å². The number of nitrogens with zero attached hydrogens (tertiary/aromatic N) is 2. The molecule has 7 heteroatoms. The number of carbonyl (C=O) groups excluding carboxylic acids is 2. The first kappa shape index (κ1) is 63.2. The quantitative estimate of drug-likeness (QED) is 0.0330. The fraction of sp³-hybridized carbons (Fsp3) is 0.594. The number of carbonyl (C=O) groups is 2. The van der Waals surface area contributed by atoms with Gasteiger partial charge in [-0.3, -0.25) is 0 Å². The van der Waals surface area contributed by atoms with Gasteiger partial charge < -0.3 is 28.8 Å². The van der Waals surface area contributed by atoms with Gasteiger partial charge in [0.2, 0.25) is 0 Å². The van der Waals surface area contributed by atoms with Crippen LogP contribution in [0.5, 0.6) is 0 Å². The van der Waals surface area contributed by atoms with E-state index in [1.807, 2.05) is 0 Å². The summed E-state index contributed by atoms with van der Waals surface area (Å²) in [6, 6.07) is 34.4. The lowest BCUT2D eigenvalue weighted by Crippen LogP contribution is -2.39. The lowest BCUT2D eigenvalue weighted by atomic mass is 10.0. The Labute approximate surface area is 439 Å². The van der Waals surface area contributed by atoms with E-state index in [2.05, 4.69) is 103 Å². The average molecular weight is 994 g/mol. The summed E-state index contributed by atoms with van der Waals surface area (Å²) in [5.74, 6) is -2.43. The number of rotatable bonds is 38. The van der Waals surface area contributed by atoms with Crippen molar-refractivity contribution in [2.75, 3.05) is 41.3 Å². The number of benzene rings is 4. The van der Waals surface area contributed by atoms with Crippen LogP contribution < -0.4 is 10.2 Å². The monoisotopic (exact) mass is 993 g/mol. The van der Waals surface area contributed by atoms with Crippen LogP contribution in [0.15, 0.2) is 119 Å². The Morgan fingerprint density at radius 2 is 0.592 bits per heavy atom. The maximum atomic E-state index is 10.6. The molecule has 0 bridgehead atoms. The van der Waals surface area contributed by atoms with Crippen molar-refractivity contribution < 1.29 is 28.8 Å². The van der Waals surface area contributed by atoms with E-state index in [1.54, 1.807) is 24.3 Å². The summed E-state index contributed by atoms with van der Waals surface area (Å²) >= 11 is 1.40. The number of hydrogen-bond donors (Lipinski definition) is 0. The molecule has 0 saturated heterocycles. The highest BCUT2D eigenvalue weighted by Crippen LogP contribution is 2.28. The Hall–Kier alpha value is -3.91. The van der Waals surface area contributed by atoms with E-state index in [0.717, 1.165) is 31.8 Å². The molecule has 0 atom stereocenters. The Morgan fingerprint density at radius 1 is 0.352 bits per heavy atom. The van der Waals surface area contributed by atoms with Gasteiger partial charge in [0.15, 0.2) is 0 Å². The highest BCUT2D eigenvalue weighted by molar-refractivity contribution is 7.99. The largest absolute Gasteiger partial charge is 0.545 e. The molecule has 0 unspecified atom stereocenters. The fourth-order valence-electron chi connectivity index (χ4n) is 9.24. The molecule has 4 rings (SSSR count). The molecule has 4 aromatic carbocycles. The minimum Gasteiger partial charge on any atom is -0.545 e. The van der Waals surface area contributed by atoms with Gasteiger partial charge in [0, 0.05) is 20.9 Å². The second-order valence-electron chi connectivity index (χ2n) is 21.5. The van der Waals surface area contributed by atoms with E-state index in [0.29, 0.717) is 0 Å². The van der Waals surface area contributed by atoms with Crippen molar-refractivity contribution in [1.82, 2.24) is 0 Å². The number of carboxylic acids is 2. The van der Waals surface area contributed by atoms with Crippen molar-refractivity contribution in [1.29, 1.82) is 0 Å². The number of hydrogen-bond acceptors (Lipinski definition) is 5. The highest BCUT2D eigenvalue weighted by Gasteiger charge is 2.16. The summed E-state index contributed by atoms with van der Waals surface area (Å²) in [6.07, 6.45) is 40.4. The van der Waals surface area contributed by atoms with Crippen molar-refractivity contribution in [2.45, 2.75) is 217 Å². The van der Waals surface area contributed by atoms with Crippen LogP contribution in [0, 0.1) is 0 Å². The predicted octanol–water partition coefficient (Wildman–Crippen LogP) is 16.1. The number of unbranched alkanes of at least 4 members (excludes halogenated alkanes) is 26. The highest BCUT2D eigenvalue weighted by atomic mass is 32.2. The van der Waals surface area contributed by atoms with E-state index >= 15 is 0 Å². The third-order valence-electron chi connectivity index (χ3n) is 13.6. The SMILES string of the molecule is CCCCCCCCCCCCCCCC[N+](C)(C)Cc1ccccc1.CCCCCCCCCCCCCCCC[N+](C)(C)Cc1ccccc1.O=C([O-])c1ccc(Sc2ccc(C(=O)[O-])cc2)cc1. The third kappa shape index (κ3) is 35.0. The summed E-state index contributed by atoms with van der Waals surface area (Å²) in [7, 11) is 9.48. The summed E-state index contributed by atoms with van der Waals surface area (Å²) in [4.78, 5) is 22.9. The van der Waals surface area contributed by atoms with Crippen molar-refractivity contribution >= 4 is 23.7 Å². The molecule has 0 aliphatic rings. The minimum absolute atomic E-state index is 0.122. The van der Waals surface area contributed by atoms with Crippen LogP contribution in [0.1, 0.15) is 225 Å². The third-order valence-corrected chi connectivity index (χ3v) is 14.6. The van der Waals surface area contributed by atoms with Crippen molar-refractivity contribution in [3.63, 3.8) is 0 Å². The van der Waals surface area contributed by atoms with Gasteiger partial charge in [-0.05, 0) is 61.1 Å². The van der Waals surface area contributed by atoms with Gasteiger partial charge in [-0.25, -0.2) is 0 Å². The van der Waals surface area contributed by atoms with Gasteiger partial charge in [0.25, 0.3) is 0 Å². The molecule has 71 heavy (non-hydrogen) atoms. The predicted molar refractivity (Wildman–Crippen MR) is 301 cm³/mol. The molecule has 0 spiro atoms. The molecule has 396 valence electrons. The molecular weight excluding hydrogens is 893 g/mol. The number of quaternary nitrogens is 2. The van der Waals surface area contributed by atoms with Gasteiger partial charge >= 0.3 is 0 Å². The number of aromatic carboxylic acids is 2. The zero-order valence-electron chi connectivity index (χ0n) is 46.0. The van der Waals surface area contributed by atoms with Crippen LogP contribution in [0.25, 0.3) is 0 Å². The maximum absolute atomic E-state index is 10.6. The van der Waals surface area contributed by atoms with E-state index in [4.69, 9.17) is 0 Å². The Morgan fingerprint density at radius 3 is 0.831 bits per heavy atom. The summed E-state index contributed by atoms with van der Waals surface area (Å²) < 4.78 is 2.23. The molecule has 0 aromatic heterocycles. The van der Waals surface area contributed by atoms with Gasteiger partial charge in [0.05, 0.1) is 53.2 Å². The van der Waals surface area contributed by atoms with E-state index in [1.165, 1.54) is 240 Å². The zero-order chi connectivity index (χ0) is 51.7. The molecule has 0 heterocycles. The molecule has 0 aliphatic carbocycles. The molecule has 0 N–H and O–H groups in total. The normalized spacial score (nSPS) is 11.4. The molecule has 0 aliphatic heterocycles. The molecule has 0 radical (unpaired) electrons. The van der Waals surface area contributed by atoms with Crippen molar-refractivity contribution in [3.05, 3.63) is 131 Å². The smallest absolute Gasteiger partial charge is 0.104 e. The second kappa shape index (κ2) is 40.6. The molecule has 0 saturated carbocycles. The van der Waals surface area contributed by atoms with E-state index in [-0.39, 0.29) is 11.1 Å². The topological polar surface area (TPSA) is 80.3 Å². The van der Waals surface area contributed by atoms with Gasteiger partial charge in [-0.15, -0.1) is 0 Å². The van der Waals surface area contributed by atoms with Crippen molar-refractivity contribution in [2.24, 2.45) is 0 Å². The van der Waals surface area contributed by atoms with E-state index in [9.17, 15) is 19.8 Å². The molecule has 0 amide bonds. The van der Waals surface area contributed by atoms with Gasteiger partial charge in [-0.2, -0.15) is 0 Å². The van der Waals surface area contributed by atoms with Gasteiger partial charge in [-0.1, -0.05) is 265 Å². The molecule has 4 aromatic rings. The van der Waals surface area contributed by atoms with Crippen molar-refractivity contribution in [3.8, 4) is 0 Å². The van der Waals surface area contributed by atoms with Crippen LogP contribution in [0.3, 0.4) is 0 Å². The zero-order valence-corrected chi connectivity index (χ0v) is 46.8. The number of carboxylic acid groups (broad SMARTS) is 2. The van der Waals surface area contributed by atoms with Crippen LogP contribution in [-0.4, -0.2) is 62.2 Å². The van der Waals surface area contributed by atoms with Gasteiger partial charge in [0.1, 0.15) is 13.1 Å². The first-order valence-electron chi connectivity index (χ1n) is 28.4. The first-order chi connectivity index (χ1) is 34.3. The summed E-state index contributed by atoms with van der Waals surface area (Å²) in [5.41, 5.74) is 3.17. The molecular formula is C64H100N2O4S. The Bertz CT molecular complexity index is 1730. The standard InChI is InChI=1S/2C25H46N.C14H10O4S/c2*1-4-5-6-7-8-9-10-11-12-13-14-15-16-20-23-26(2,3)24-25-21-18-17-19-22-25;15-13(16)9-1-5-11(6-2-9)19-12-7-3-10(4-8-12)14(17)18/h2*17-19,21-22H,4-16,20,23-24H2,1-3H3;1-8H,(H,15,16)(H,17,18)/q2*+1;/p-2. The van der Waals surface area contributed by atoms with E-state index < -0.39 is 11.9 Å². The van der Waals surface area contributed by atoms with Crippen LogP contribution in [0.4, 0.5) is 0 Å². The fourth-order valence-corrected chi connectivity index (χ4v) is 10.1.